The van der Waals surface area contributed by atoms with Gasteiger partial charge in [-0.2, -0.15) is 0 Å². The average Bonchev–Trinajstić information content (AvgIpc) is 3.00. The van der Waals surface area contributed by atoms with E-state index in [0.717, 1.165) is 24.7 Å². The van der Waals surface area contributed by atoms with Crippen molar-refractivity contribution in [3.05, 3.63) is 15.6 Å². The molecule has 0 saturated heterocycles. The molecule has 0 radical (unpaired) electrons. The third-order valence-electron chi connectivity index (χ3n) is 2.82. The highest BCUT2D eigenvalue weighted by Gasteiger charge is 2.21. The maximum absolute atomic E-state index is 5.23. The Balaban J connectivity index is 2.00. The molecule has 1 aromatic heterocycles. The second-order valence-electron chi connectivity index (χ2n) is 5.16. The van der Waals surface area contributed by atoms with Gasteiger partial charge in [0.25, 0.3) is 0 Å². The predicted molar refractivity (Wildman–Crippen MR) is 71.2 cm³/mol. The lowest BCUT2D eigenvalue weighted by atomic mass is 10.1. The SMILES string of the molecule is COCc1nc(CC(C)C)sc1CNC1CC1. The number of ether oxygens (including phenoxy) is 1. The van der Waals surface area contributed by atoms with E-state index < -0.39 is 0 Å². The van der Waals surface area contributed by atoms with E-state index in [4.69, 9.17) is 9.72 Å². The average molecular weight is 254 g/mol. The standard InChI is InChI=1S/C13H22N2OS/c1-9(2)6-13-15-11(8-16-3)12(17-13)7-14-10-4-5-10/h9-10,14H,4-8H2,1-3H3. The number of nitrogens with one attached hydrogen (secondary N) is 1. The molecule has 1 saturated carbocycles. The number of rotatable bonds is 7. The molecule has 0 unspecified atom stereocenters. The van der Waals surface area contributed by atoms with Gasteiger partial charge in [-0.1, -0.05) is 13.8 Å². The Morgan fingerprint density at radius 3 is 2.82 bits per heavy atom. The fourth-order valence-electron chi connectivity index (χ4n) is 1.79. The van der Waals surface area contributed by atoms with Crippen LogP contribution >= 0.6 is 11.3 Å². The van der Waals surface area contributed by atoms with Crippen LogP contribution in [0.1, 0.15) is 42.3 Å². The third kappa shape index (κ3) is 4.05. The van der Waals surface area contributed by atoms with Crippen molar-refractivity contribution in [2.45, 2.75) is 52.3 Å². The Kier molecular flexibility index (Phi) is 4.54. The molecule has 1 fully saturated rings. The molecule has 0 atom stereocenters. The van der Waals surface area contributed by atoms with Crippen LogP contribution < -0.4 is 5.32 Å². The third-order valence-corrected chi connectivity index (χ3v) is 3.94. The summed E-state index contributed by atoms with van der Waals surface area (Å²) < 4.78 is 5.23. The molecule has 1 heterocycles. The Morgan fingerprint density at radius 1 is 1.47 bits per heavy atom. The van der Waals surface area contributed by atoms with Crippen molar-refractivity contribution in [2.24, 2.45) is 5.92 Å². The van der Waals surface area contributed by atoms with E-state index in [-0.39, 0.29) is 0 Å². The minimum absolute atomic E-state index is 0.635. The largest absolute Gasteiger partial charge is 0.378 e. The first-order valence-corrected chi connectivity index (χ1v) is 7.20. The van der Waals surface area contributed by atoms with E-state index in [2.05, 4.69) is 19.2 Å². The van der Waals surface area contributed by atoms with Crippen molar-refractivity contribution in [2.75, 3.05) is 7.11 Å². The minimum atomic E-state index is 0.635. The fourth-order valence-corrected chi connectivity index (χ4v) is 3.02. The lowest BCUT2D eigenvalue weighted by Gasteiger charge is -2.02. The lowest BCUT2D eigenvalue weighted by molar-refractivity contribution is 0.181. The second kappa shape index (κ2) is 5.94. The summed E-state index contributed by atoms with van der Waals surface area (Å²) in [6, 6.07) is 0.751. The van der Waals surface area contributed by atoms with Crippen LogP contribution in [0.5, 0.6) is 0 Å². The number of methoxy groups -OCH3 is 1. The van der Waals surface area contributed by atoms with E-state index in [1.54, 1.807) is 7.11 Å². The molecule has 1 aromatic rings. The first kappa shape index (κ1) is 13.0. The van der Waals surface area contributed by atoms with Crippen molar-refractivity contribution in [3.63, 3.8) is 0 Å². The molecule has 0 aromatic carbocycles. The number of hydrogen-bond donors (Lipinski definition) is 1. The van der Waals surface area contributed by atoms with Crippen LogP contribution in [0.25, 0.3) is 0 Å². The predicted octanol–water partition coefficient (Wildman–Crippen LogP) is 2.74. The van der Waals surface area contributed by atoms with Crippen LogP contribution in [0.2, 0.25) is 0 Å². The first-order valence-electron chi connectivity index (χ1n) is 6.38. The van der Waals surface area contributed by atoms with Gasteiger partial charge < -0.3 is 10.1 Å². The zero-order valence-electron chi connectivity index (χ0n) is 11.0. The molecule has 0 spiro atoms. The fraction of sp³-hybridized carbons (Fsp3) is 0.769. The molecule has 1 N–H and O–H groups in total. The van der Waals surface area contributed by atoms with E-state index in [1.807, 2.05) is 11.3 Å². The van der Waals surface area contributed by atoms with Gasteiger partial charge >= 0.3 is 0 Å². The van der Waals surface area contributed by atoms with Crippen molar-refractivity contribution in [1.82, 2.24) is 10.3 Å². The van der Waals surface area contributed by atoms with Gasteiger partial charge in [-0.25, -0.2) is 4.98 Å². The zero-order chi connectivity index (χ0) is 12.3. The summed E-state index contributed by atoms with van der Waals surface area (Å²) in [7, 11) is 1.74. The van der Waals surface area contributed by atoms with E-state index in [1.165, 1.54) is 22.7 Å². The van der Waals surface area contributed by atoms with Gasteiger partial charge in [0.15, 0.2) is 0 Å². The Bertz CT molecular complexity index is 358. The van der Waals surface area contributed by atoms with Gasteiger partial charge in [0.05, 0.1) is 17.3 Å². The van der Waals surface area contributed by atoms with Gasteiger partial charge in [-0.15, -0.1) is 11.3 Å². The van der Waals surface area contributed by atoms with Crippen LogP contribution in [0, 0.1) is 5.92 Å². The second-order valence-corrected chi connectivity index (χ2v) is 6.33. The highest BCUT2D eigenvalue weighted by molar-refractivity contribution is 7.11. The first-order chi connectivity index (χ1) is 8.19. The van der Waals surface area contributed by atoms with Gasteiger partial charge in [0.2, 0.25) is 0 Å². The maximum atomic E-state index is 5.23. The molecule has 1 aliphatic rings. The van der Waals surface area contributed by atoms with Gasteiger partial charge in [0.1, 0.15) is 0 Å². The normalized spacial score (nSPS) is 15.8. The Labute approximate surface area is 108 Å². The Hall–Kier alpha value is -0.450. The van der Waals surface area contributed by atoms with E-state index in [9.17, 15) is 0 Å². The lowest BCUT2D eigenvalue weighted by Crippen LogP contribution is -2.15. The summed E-state index contributed by atoms with van der Waals surface area (Å²) in [6.07, 6.45) is 3.74. The highest BCUT2D eigenvalue weighted by atomic mass is 32.1. The van der Waals surface area contributed by atoms with Crippen LogP contribution in [0.4, 0.5) is 0 Å². The summed E-state index contributed by atoms with van der Waals surface area (Å²) in [6.45, 7) is 6.06. The molecular weight excluding hydrogens is 232 g/mol. The molecule has 2 rings (SSSR count). The molecule has 0 aliphatic heterocycles. The molecular formula is C13H22N2OS. The zero-order valence-corrected chi connectivity index (χ0v) is 11.8. The monoisotopic (exact) mass is 254 g/mol. The van der Waals surface area contributed by atoms with Gasteiger partial charge in [0, 0.05) is 31.0 Å². The number of hydrogen-bond acceptors (Lipinski definition) is 4. The van der Waals surface area contributed by atoms with Crippen molar-refractivity contribution < 1.29 is 4.74 Å². The molecule has 3 nitrogen and oxygen atoms in total. The highest BCUT2D eigenvalue weighted by Crippen LogP contribution is 2.24. The summed E-state index contributed by atoms with van der Waals surface area (Å²) in [5.74, 6) is 0.667. The summed E-state index contributed by atoms with van der Waals surface area (Å²) in [5, 5.41) is 4.80. The van der Waals surface area contributed by atoms with Crippen LogP contribution in [-0.2, 0) is 24.3 Å². The maximum Gasteiger partial charge on any atom is 0.0935 e. The molecule has 1 aliphatic carbocycles. The van der Waals surface area contributed by atoms with Crippen LogP contribution in [0.3, 0.4) is 0 Å². The molecule has 4 heteroatoms. The quantitative estimate of drug-likeness (QED) is 0.812. The van der Waals surface area contributed by atoms with Crippen molar-refractivity contribution in [1.29, 1.82) is 0 Å². The minimum Gasteiger partial charge on any atom is -0.378 e. The van der Waals surface area contributed by atoms with Gasteiger partial charge in [-0.05, 0) is 18.8 Å². The van der Waals surface area contributed by atoms with Crippen LogP contribution in [0.15, 0.2) is 0 Å². The Morgan fingerprint density at radius 2 is 2.24 bits per heavy atom. The van der Waals surface area contributed by atoms with E-state index >= 15 is 0 Å². The summed E-state index contributed by atoms with van der Waals surface area (Å²) in [5.41, 5.74) is 1.13. The number of aromatic nitrogens is 1. The molecule has 0 bridgehead atoms. The van der Waals surface area contributed by atoms with E-state index in [0.29, 0.717) is 12.5 Å². The topological polar surface area (TPSA) is 34.1 Å². The van der Waals surface area contributed by atoms with Crippen molar-refractivity contribution in [3.8, 4) is 0 Å². The van der Waals surface area contributed by atoms with Crippen LogP contribution in [-0.4, -0.2) is 18.1 Å². The summed E-state index contributed by atoms with van der Waals surface area (Å²) >= 11 is 1.84. The van der Waals surface area contributed by atoms with Crippen molar-refractivity contribution >= 4 is 11.3 Å². The number of thiazole rings is 1. The molecule has 96 valence electrons. The molecule has 0 amide bonds. The number of nitrogens with zero attached hydrogens (tertiary/aromatic N) is 1. The summed E-state index contributed by atoms with van der Waals surface area (Å²) in [4.78, 5) is 6.05. The molecule has 17 heavy (non-hydrogen) atoms. The van der Waals surface area contributed by atoms with Gasteiger partial charge in [-0.3, -0.25) is 0 Å². The smallest absolute Gasteiger partial charge is 0.0935 e.